The molecule has 30 nitrogen and oxygen atoms in total. The maximum atomic E-state index is 11.8. The predicted octanol–water partition coefficient (Wildman–Crippen LogP) is 9.75. The molecule has 0 fully saturated rings. The zero-order valence-corrected chi connectivity index (χ0v) is 74.6. The van der Waals surface area contributed by atoms with Gasteiger partial charge in [0.15, 0.2) is 23.1 Å². The van der Waals surface area contributed by atoms with Gasteiger partial charge in [0.1, 0.15) is 49.6 Å². The van der Waals surface area contributed by atoms with Gasteiger partial charge >= 0.3 is 0 Å². The van der Waals surface area contributed by atoms with Crippen molar-refractivity contribution in [3.05, 3.63) is 0 Å². The normalized spacial score (nSPS) is 11.2. The monoisotopic (exact) mass is 1670 g/mol. The Morgan fingerprint density at radius 3 is 0.672 bits per heavy atom. The van der Waals surface area contributed by atoms with Crippen molar-refractivity contribution in [3.63, 3.8) is 0 Å². The molecule has 0 saturated carbocycles. The molecule has 0 aliphatic heterocycles. The van der Waals surface area contributed by atoms with E-state index < -0.39 is 0 Å². The molecule has 0 bridgehead atoms. The number of ketones is 8. The Morgan fingerprint density at radius 1 is 0.216 bits per heavy atom. The Labute approximate surface area is 697 Å². The molecular weight excluding hydrogens is 1500 g/mol. The average Bonchev–Trinajstić information content (AvgIpc) is 1.04. The summed E-state index contributed by atoms with van der Waals surface area (Å²) in [6, 6.07) is 0. The van der Waals surface area contributed by atoms with Gasteiger partial charge in [0, 0.05) is 168 Å². The molecule has 30 heteroatoms. The molecule has 0 aromatic rings. The van der Waals surface area contributed by atoms with E-state index in [-0.39, 0.29) is 172 Å². The largest absolute Gasteiger partial charge is 0.381 e. The van der Waals surface area contributed by atoms with Gasteiger partial charge in [0.05, 0.1) is 118 Å². The first-order valence-electron chi connectivity index (χ1n) is 42.7. The Balaban J connectivity index is -0.000000721. The Bertz CT molecular complexity index is 2460. The minimum absolute atomic E-state index is 0.0222. The molecule has 0 aliphatic rings. The second-order valence-corrected chi connectivity index (χ2v) is 30.8. The highest BCUT2D eigenvalue weighted by Gasteiger charge is 2.14. The number of carbonyl (C=O) groups is 12. The van der Waals surface area contributed by atoms with Gasteiger partial charge in [0.2, 0.25) is 23.6 Å². The standard InChI is InChI=1S/C22H41NO7.C22H41NO6.C21H39NO7.C21H39NO6/c1-18(2)16-21(25)17-29-13-12-28-11-9-23-22(26)8-7-20(24)6-5-10-27-14-15-30-19(3)4;1-18(2)9-12-27-11-5-6-20(24)7-8-22(26)23-10-13-28-14-15-29-17-21(25)16-19(3)4;1-17(2)20(24)16-28-13-12-27-11-9-22-21(25)8-7-19(23)6-5-10-26-14-15-29-18(3)4;1-17(2)9-12-26-11-5-6-19(23)7-8-21(25)22-10-13-27-14-15-28-16-20(24)18(3)4/h18-19H,5-17H2,1-4H3,(H,23,26);18-19H,5-17H2,1-4H3,(H,23,26);17-18H,5-16H2,1-4H3,(H,22,25);17-18H,5-16H2,1-4H3,(H,22,25). The lowest BCUT2D eigenvalue weighted by molar-refractivity contribution is -0.127. The van der Waals surface area contributed by atoms with Crippen molar-refractivity contribution < 1.29 is 124 Å². The second-order valence-electron chi connectivity index (χ2n) is 30.8. The van der Waals surface area contributed by atoms with Crippen LogP contribution in [-0.4, -0.2) is 280 Å². The third-order valence-electron chi connectivity index (χ3n) is 15.9. The van der Waals surface area contributed by atoms with Crippen molar-refractivity contribution in [2.75, 3.05) is 198 Å². The van der Waals surface area contributed by atoms with Crippen LogP contribution in [0.1, 0.15) is 239 Å². The number of carbonyl (C=O) groups excluding carboxylic acids is 12. The molecule has 0 aromatic carbocycles. The summed E-state index contributed by atoms with van der Waals surface area (Å²) in [5.41, 5.74) is 0. The Hall–Kier alpha value is -5.32. The van der Waals surface area contributed by atoms with E-state index in [0.29, 0.717) is 246 Å². The van der Waals surface area contributed by atoms with E-state index in [1.54, 1.807) is 0 Å². The lowest BCUT2D eigenvalue weighted by atomic mass is 10.1. The van der Waals surface area contributed by atoms with Crippen LogP contribution in [0.2, 0.25) is 0 Å². The van der Waals surface area contributed by atoms with Gasteiger partial charge < -0.3 is 87.6 Å². The third-order valence-corrected chi connectivity index (χ3v) is 15.9. The lowest BCUT2D eigenvalue weighted by Gasteiger charge is -2.08. The molecule has 0 rings (SSSR count). The molecule has 0 spiro atoms. The summed E-state index contributed by atoms with van der Waals surface area (Å²) in [7, 11) is 0. The first-order valence-corrected chi connectivity index (χ1v) is 42.7. The van der Waals surface area contributed by atoms with E-state index in [2.05, 4.69) is 49.0 Å². The van der Waals surface area contributed by atoms with Gasteiger partial charge in [-0.15, -0.1) is 0 Å². The van der Waals surface area contributed by atoms with E-state index >= 15 is 0 Å². The first-order chi connectivity index (χ1) is 55.3. The van der Waals surface area contributed by atoms with Crippen molar-refractivity contribution in [3.8, 4) is 0 Å². The molecule has 0 unspecified atom stereocenters. The van der Waals surface area contributed by atoms with Gasteiger partial charge in [-0.25, -0.2) is 0 Å². The van der Waals surface area contributed by atoms with Crippen LogP contribution >= 0.6 is 0 Å². The first kappa shape index (κ1) is 117. The lowest BCUT2D eigenvalue weighted by Crippen LogP contribution is -2.28. The fourth-order valence-corrected chi connectivity index (χ4v) is 9.09. The van der Waals surface area contributed by atoms with Crippen LogP contribution in [0.15, 0.2) is 0 Å². The summed E-state index contributed by atoms with van der Waals surface area (Å²) >= 11 is 0. The second kappa shape index (κ2) is 86.1. The van der Waals surface area contributed by atoms with Gasteiger partial charge in [0.25, 0.3) is 0 Å². The number of hydrogen-bond acceptors (Lipinski definition) is 26. The van der Waals surface area contributed by atoms with Gasteiger partial charge in [-0.1, -0.05) is 83.1 Å². The van der Waals surface area contributed by atoms with E-state index in [9.17, 15) is 57.5 Å². The summed E-state index contributed by atoms with van der Waals surface area (Å²) in [4.78, 5) is 140. The van der Waals surface area contributed by atoms with Gasteiger partial charge in [-0.3, -0.25) is 57.5 Å². The molecule has 4 amide bonds. The highest BCUT2D eigenvalue weighted by molar-refractivity contribution is 5.87. The van der Waals surface area contributed by atoms with E-state index in [1.807, 2.05) is 83.1 Å². The fourth-order valence-electron chi connectivity index (χ4n) is 9.09. The minimum atomic E-state index is -0.164. The van der Waals surface area contributed by atoms with Crippen molar-refractivity contribution in [1.29, 1.82) is 0 Å². The smallest absolute Gasteiger partial charge is 0.220 e. The number of Topliss-reactive ketones (excluding diaryl/α,β-unsaturated/α-hetero) is 8. The quantitative estimate of drug-likeness (QED) is 0.0411. The molecule has 0 aliphatic carbocycles. The number of rotatable bonds is 80. The number of ether oxygens (including phenoxy) is 14. The van der Waals surface area contributed by atoms with Crippen molar-refractivity contribution in [2.45, 2.75) is 251 Å². The molecule has 0 saturated heterocycles. The zero-order chi connectivity index (χ0) is 87.6. The molecule has 4 N–H and O–H groups in total. The highest BCUT2D eigenvalue weighted by Crippen LogP contribution is 2.08. The number of amides is 4. The fraction of sp³-hybridized carbons (Fsp3) is 0.860. The maximum absolute atomic E-state index is 11.8. The van der Waals surface area contributed by atoms with Crippen molar-refractivity contribution in [2.24, 2.45) is 35.5 Å². The summed E-state index contributed by atoms with van der Waals surface area (Å²) in [6.45, 7) is 44.0. The van der Waals surface area contributed by atoms with Crippen LogP contribution in [-0.2, 0) is 124 Å². The molecule has 680 valence electrons. The molecular formula is C86H160N4O26. The van der Waals surface area contributed by atoms with E-state index in [0.717, 1.165) is 26.1 Å². The van der Waals surface area contributed by atoms with Crippen molar-refractivity contribution >= 4 is 69.9 Å². The number of hydrogen-bond donors (Lipinski definition) is 4. The van der Waals surface area contributed by atoms with Crippen LogP contribution in [0.5, 0.6) is 0 Å². The summed E-state index contributed by atoms with van der Waals surface area (Å²) < 4.78 is 74.6. The number of nitrogens with one attached hydrogen (secondary N) is 4. The zero-order valence-electron chi connectivity index (χ0n) is 74.6. The van der Waals surface area contributed by atoms with Crippen LogP contribution in [0.4, 0.5) is 0 Å². The molecule has 116 heavy (non-hydrogen) atoms. The maximum Gasteiger partial charge on any atom is 0.220 e. The topological polar surface area (TPSA) is 382 Å². The summed E-state index contributed by atoms with van der Waals surface area (Å²) in [6.07, 6.45) is 9.73. The molecule has 0 atom stereocenters. The molecule has 0 aromatic heterocycles. The Morgan fingerprint density at radius 2 is 0.440 bits per heavy atom. The van der Waals surface area contributed by atoms with Crippen molar-refractivity contribution in [1.82, 2.24) is 21.3 Å². The summed E-state index contributed by atoms with van der Waals surface area (Å²) in [5, 5.41) is 10.9. The molecule has 0 radical (unpaired) electrons. The SMILES string of the molecule is CC(C)CC(=O)COCCOCCNC(=O)CCC(=O)CCCOCCOC(C)C.CC(C)CCOCCCC(=O)CCC(=O)NCCOCCOCC(=O)C(C)C.CC(C)CCOCCCC(=O)CCC(=O)NCCOCCOCC(=O)CC(C)C.CC(C)OCCOCCCC(=O)CCC(=O)NCCOCCOCC(=O)C(C)C. The highest BCUT2D eigenvalue weighted by atomic mass is 16.6. The van der Waals surface area contributed by atoms with Gasteiger partial charge in [-0.2, -0.15) is 0 Å². The predicted molar refractivity (Wildman–Crippen MR) is 445 cm³/mol. The molecule has 0 heterocycles. The van der Waals surface area contributed by atoms with E-state index in [1.165, 1.54) is 0 Å². The average molecular weight is 1670 g/mol. The van der Waals surface area contributed by atoms with Crippen LogP contribution in [0.25, 0.3) is 0 Å². The van der Waals surface area contributed by atoms with E-state index in [4.69, 9.17) is 66.3 Å². The summed E-state index contributed by atoms with van der Waals surface area (Å²) in [5.74, 6) is 1.89. The minimum Gasteiger partial charge on any atom is -0.381 e. The Kier molecular flexibility index (Phi) is 86.8. The van der Waals surface area contributed by atoms with Crippen LogP contribution in [0, 0.1) is 35.5 Å². The van der Waals surface area contributed by atoms with Crippen LogP contribution < -0.4 is 21.3 Å². The van der Waals surface area contributed by atoms with Gasteiger partial charge in [-0.05, 0) is 89.9 Å². The third kappa shape index (κ3) is 99.2. The van der Waals surface area contributed by atoms with Crippen LogP contribution in [0.3, 0.4) is 0 Å².